The quantitative estimate of drug-likeness (QED) is 0.483. The Kier molecular flexibility index (Phi) is 4.71. The van der Waals surface area contributed by atoms with Gasteiger partial charge in [-0.1, -0.05) is 48.5 Å². The van der Waals surface area contributed by atoms with E-state index in [0.717, 1.165) is 40.4 Å². The lowest BCUT2D eigenvalue weighted by atomic mass is 9.89. The first kappa shape index (κ1) is 18.4. The number of anilines is 1. The number of hydrogen-bond acceptors (Lipinski definition) is 4. The van der Waals surface area contributed by atoms with Gasteiger partial charge in [0.05, 0.1) is 23.9 Å². The number of aromatic nitrogens is 2. The second-order valence-electron chi connectivity index (χ2n) is 7.68. The second kappa shape index (κ2) is 7.67. The highest BCUT2D eigenvalue weighted by atomic mass is 16.5. The van der Waals surface area contributed by atoms with Crippen LogP contribution < -0.4 is 10.5 Å². The van der Waals surface area contributed by atoms with Crippen molar-refractivity contribution < 1.29 is 9.53 Å². The normalized spacial score (nSPS) is 14.5. The highest BCUT2D eigenvalue weighted by Crippen LogP contribution is 2.36. The van der Waals surface area contributed by atoms with Gasteiger partial charge < -0.3 is 10.5 Å². The molecule has 1 aliphatic carbocycles. The predicted molar refractivity (Wildman–Crippen MR) is 118 cm³/mol. The van der Waals surface area contributed by atoms with E-state index in [2.05, 4.69) is 29.4 Å². The van der Waals surface area contributed by atoms with Crippen LogP contribution in [0.2, 0.25) is 0 Å². The number of nitrogens with zero attached hydrogens (tertiary/aromatic N) is 2. The number of para-hydroxylation sites is 1. The van der Waals surface area contributed by atoms with Gasteiger partial charge in [-0.3, -0.25) is 9.48 Å². The van der Waals surface area contributed by atoms with Gasteiger partial charge in [0.2, 0.25) is 0 Å². The molecule has 150 valence electrons. The molecule has 0 bridgehead atoms. The molecule has 0 saturated carbocycles. The SMILES string of the molecule is Nc1c(O[C@H](Cn2ncc3ccccc32)c2ccccc2)ccc2c1CCCC2=O. The number of nitrogen functional groups attached to an aromatic ring is 1. The summed E-state index contributed by atoms with van der Waals surface area (Å²) in [5.41, 5.74) is 10.8. The highest BCUT2D eigenvalue weighted by molar-refractivity contribution is 6.00. The van der Waals surface area contributed by atoms with E-state index >= 15 is 0 Å². The molecular formula is C25H23N3O2. The van der Waals surface area contributed by atoms with Crippen molar-refractivity contribution in [3.63, 3.8) is 0 Å². The van der Waals surface area contributed by atoms with E-state index in [9.17, 15) is 4.79 Å². The fourth-order valence-electron chi connectivity index (χ4n) is 4.20. The summed E-state index contributed by atoms with van der Waals surface area (Å²) in [6.45, 7) is 0.549. The Hall–Kier alpha value is -3.60. The van der Waals surface area contributed by atoms with Crippen LogP contribution in [0, 0.1) is 0 Å². The zero-order valence-corrected chi connectivity index (χ0v) is 16.6. The number of nitrogens with two attached hydrogens (primary N) is 1. The topological polar surface area (TPSA) is 70.1 Å². The third-order valence-corrected chi connectivity index (χ3v) is 5.78. The van der Waals surface area contributed by atoms with Crippen molar-refractivity contribution in [1.82, 2.24) is 9.78 Å². The van der Waals surface area contributed by atoms with E-state index in [1.54, 1.807) is 0 Å². The molecule has 1 aromatic heterocycles. The van der Waals surface area contributed by atoms with Crippen LogP contribution >= 0.6 is 0 Å². The molecule has 0 radical (unpaired) electrons. The Bertz CT molecular complexity index is 1210. The Morgan fingerprint density at radius 1 is 1.00 bits per heavy atom. The minimum atomic E-state index is -0.269. The van der Waals surface area contributed by atoms with Crippen molar-refractivity contribution >= 4 is 22.4 Å². The number of carbonyl (C=O) groups excluding carboxylic acids is 1. The lowest BCUT2D eigenvalue weighted by molar-refractivity contribution is 0.0972. The fraction of sp³-hybridized carbons (Fsp3) is 0.200. The average molecular weight is 397 g/mol. The number of ketones is 1. The largest absolute Gasteiger partial charge is 0.482 e. The van der Waals surface area contributed by atoms with Crippen LogP contribution in [0.5, 0.6) is 5.75 Å². The summed E-state index contributed by atoms with van der Waals surface area (Å²) in [6.07, 6.45) is 3.83. The fourth-order valence-corrected chi connectivity index (χ4v) is 4.20. The molecule has 0 fully saturated rings. The first-order valence-corrected chi connectivity index (χ1v) is 10.3. The van der Waals surface area contributed by atoms with Crippen LogP contribution in [0.3, 0.4) is 0 Å². The molecule has 5 heteroatoms. The van der Waals surface area contributed by atoms with Crippen molar-refractivity contribution in [3.8, 4) is 5.75 Å². The van der Waals surface area contributed by atoms with Crippen LogP contribution in [0.1, 0.15) is 40.4 Å². The Labute approximate surface area is 175 Å². The van der Waals surface area contributed by atoms with Gasteiger partial charge in [-0.2, -0.15) is 5.10 Å². The lowest BCUT2D eigenvalue weighted by Gasteiger charge is -2.24. The number of fused-ring (bicyclic) bond motifs is 2. The van der Waals surface area contributed by atoms with Crippen LogP contribution in [-0.2, 0) is 13.0 Å². The van der Waals surface area contributed by atoms with Crippen molar-refractivity contribution in [3.05, 3.63) is 89.6 Å². The molecule has 4 aromatic rings. The van der Waals surface area contributed by atoms with Gasteiger partial charge in [-0.15, -0.1) is 0 Å². The summed E-state index contributed by atoms with van der Waals surface area (Å²) in [5.74, 6) is 0.783. The molecule has 0 unspecified atom stereocenters. The molecule has 1 aliphatic rings. The van der Waals surface area contributed by atoms with Crippen LogP contribution in [-0.4, -0.2) is 15.6 Å². The van der Waals surface area contributed by atoms with Gasteiger partial charge >= 0.3 is 0 Å². The van der Waals surface area contributed by atoms with Gasteiger partial charge in [-0.25, -0.2) is 0 Å². The summed E-state index contributed by atoms with van der Waals surface area (Å²) in [7, 11) is 0. The summed E-state index contributed by atoms with van der Waals surface area (Å²) in [6, 6.07) is 21.9. The number of rotatable bonds is 5. The van der Waals surface area contributed by atoms with Gasteiger partial charge in [0.25, 0.3) is 0 Å². The number of Topliss-reactive ketones (excluding diaryl/α,β-unsaturated/α-hetero) is 1. The molecule has 1 atom stereocenters. The van der Waals surface area contributed by atoms with Crippen molar-refractivity contribution in [2.45, 2.75) is 31.9 Å². The zero-order chi connectivity index (χ0) is 20.5. The molecule has 3 aromatic carbocycles. The molecule has 5 nitrogen and oxygen atoms in total. The highest BCUT2D eigenvalue weighted by Gasteiger charge is 2.23. The zero-order valence-electron chi connectivity index (χ0n) is 16.6. The van der Waals surface area contributed by atoms with Crippen LogP contribution in [0.4, 0.5) is 5.69 Å². The maximum absolute atomic E-state index is 12.2. The summed E-state index contributed by atoms with van der Waals surface area (Å²) in [4.78, 5) is 12.2. The molecule has 1 heterocycles. The van der Waals surface area contributed by atoms with E-state index in [1.165, 1.54) is 0 Å². The lowest BCUT2D eigenvalue weighted by Crippen LogP contribution is -2.18. The van der Waals surface area contributed by atoms with Gasteiger partial charge in [0, 0.05) is 17.4 Å². The third kappa shape index (κ3) is 3.32. The predicted octanol–water partition coefficient (Wildman–Crippen LogP) is 4.96. The maximum atomic E-state index is 12.2. The van der Waals surface area contributed by atoms with Gasteiger partial charge in [0.15, 0.2) is 5.78 Å². The smallest absolute Gasteiger partial charge is 0.163 e. The first-order chi connectivity index (χ1) is 14.7. The van der Waals surface area contributed by atoms with Gasteiger partial charge in [-0.05, 0) is 42.2 Å². The molecule has 0 saturated heterocycles. The molecule has 5 rings (SSSR count). The number of ether oxygens (including phenoxy) is 1. The van der Waals surface area contributed by atoms with E-state index in [0.29, 0.717) is 24.4 Å². The second-order valence-corrected chi connectivity index (χ2v) is 7.68. The van der Waals surface area contributed by atoms with Crippen molar-refractivity contribution in [1.29, 1.82) is 0 Å². The van der Waals surface area contributed by atoms with Gasteiger partial charge in [0.1, 0.15) is 11.9 Å². The van der Waals surface area contributed by atoms with E-state index in [4.69, 9.17) is 10.5 Å². The number of carbonyl (C=O) groups is 1. The first-order valence-electron chi connectivity index (χ1n) is 10.3. The minimum Gasteiger partial charge on any atom is -0.482 e. The molecular weight excluding hydrogens is 374 g/mol. The van der Waals surface area contributed by atoms with E-state index < -0.39 is 0 Å². The van der Waals surface area contributed by atoms with Crippen molar-refractivity contribution in [2.24, 2.45) is 0 Å². The molecule has 0 amide bonds. The maximum Gasteiger partial charge on any atom is 0.163 e. The molecule has 2 N–H and O–H groups in total. The average Bonchev–Trinajstić information content (AvgIpc) is 3.19. The Balaban J connectivity index is 1.51. The van der Waals surface area contributed by atoms with Crippen molar-refractivity contribution in [2.75, 3.05) is 5.73 Å². The number of hydrogen-bond donors (Lipinski definition) is 1. The van der Waals surface area contributed by atoms with Crippen LogP contribution in [0.25, 0.3) is 10.9 Å². The summed E-state index contributed by atoms with van der Waals surface area (Å²) >= 11 is 0. The third-order valence-electron chi connectivity index (χ3n) is 5.78. The minimum absolute atomic E-state index is 0.164. The molecule has 0 aliphatic heterocycles. The van der Waals surface area contributed by atoms with Crippen LogP contribution in [0.15, 0.2) is 72.9 Å². The Morgan fingerprint density at radius 2 is 1.80 bits per heavy atom. The molecule has 0 spiro atoms. The summed E-state index contributed by atoms with van der Waals surface area (Å²) in [5, 5.41) is 5.66. The van der Waals surface area contributed by atoms with E-state index in [1.807, 2.05) is 53.3 Å². The standard InChI is InChI=1S/C25H23N3O2/c26-25-20-10-6-12-22(29)19(20)13-14-23(25)30-24(17-7-2-1-3-8-17)16-28-21-11-5-4-9-18(21)15-27-28/h1-5,7-9,11,13-15,24H,6,10,12,16,26H2/t24-/m1/s1. The molecule has 30 heavy (non-hydrogen) atoms. The summed E-state index contributed by atoms with van der Waals surface area (Å²) < 4.78 is 8.42. The van der Waals surface area contributed by atoms with E-state index in [-0.39, 0.29) is 11.9 Å². The monoisotopic (exact) mass is 397 g/mol. The number of benzene rings is 3. The Morgan fingerprint density at radius 3 is 2.67 bits per heavy atom.